The van der Waals surface area contributed by atoms with E-state index in [9.17, 15) is 0 Å². The average molecular weight is 244 g/mol. The molecule has 2 nitrogen and oxygen atoms in total. The lowest BCUT2D eigenvalue weighted by Crippen LogP contribution is -2.03. The minimum absolute atomic E-state index is 0.126. The summed E-state index contributed by atoms with van der Waals surface area (Å²) in [7, 11) is -0.977. The van der Waals surface area contributed by atoms with Crippen LogP contribution in [0.4, 0.5) is 0 Å². The van der Waals surface area contributed by atoms with E-state index in [0.717, 1.165) is 5.75 Å². The second-order valence-electron chi connectivity index (χ2n) is 3.97. The van der Waals surface area contributed by atoms with Crippen LogP contribution < -0.4 is 9.83 Å². The van der Waals surface area contributed by atoms with E-state index in [1.807, 2.05) is 42.5 Å². The molecule has 0 fully saturated rings. The van der Waals surface area contributed by atoms with Gasteiger partial charge >= 0.3 is 0 Å². The van der Waals surface area contributed by atoms with Crippen molar-refractivity contribution in [2.45, 2.75) is 13.0 Å². The molecule has 0 unspecified atom stereocenters. The summed E-state index contributed by atoms with van der Waals surface area (Å²) in [5, 5.41) is 1.19. The van der Waals surface area contributed by atoms with Crippen LogP contribution in [0.15, 0.2) is 54.6 Å². The zero-order valence-electron chi connectivity index (χ0n) is 9.54. The SMILES string of the molecule is C[C@@H]1O[P@@](Oc2ccccc2)c2ccccc21. The van der Waals surface area contributed by atoms with Crippen molar-refractivity contribution < 1.29 is 9.05 Å². The number of hydrogen-bond acceptors (Lipinski definition) is 2. The molecule has 0 aromatic heterocycles. The van der Waals surface area contributed by atoms with Crippen molar-refractivity contribution in [2.24, 2.45) is 0 Å². The molecule has 2 aromatic rings. The van der Waals surface area contributed by atoms with Crippen LogP contribution >= 0.6 is 8.38 Å². The molecule has 1 aliphatic heterocycles. The van der Waals surface area contributed by atoms with Crippen LogP contribution in [-0.2, 0) is 4.52 Å². The topological polar surface area (TPSA) is 18.5 Å². The Morgan fingerprint density at radius 3 is 2.53 bits per heavy atom. The lowest BCUT2D eigenvalue weighted by Gasteiger charge is -2.12. The molecule has 17 heavy (non-hydrogen) atoms. The molecule has 0 N–H and O–H groups in total. The van der Waals surface area contributed by atoms with Gasteiger partial charge in [0.05, 0.1) is 6.10 Å². The first-order valence-corrected chi connectivity index (χ1v) is 6.81. The van der Waals surface area contributed by atoms with Gasteiger partial charge in [-0.2, -0.15) is 0 Å². The van der Waals surface area contributed by atoms with E-state index >= 15 is 0 Å². The highest BCUT2D eigenvalue weighted by Gasteiger charge is 2.31. The summed E-state index contributed by atoms with van der Waals surface area (Å²) in [4.78, 5) is 0. The smallest absolute Gasteiger partial charge is 0.266 e. The number of benzene rings is 2. The third-order valence-corrected chi connectivity index (χ3v) is 4.44. The molecule has 86 valence electrons. The standard InChI is InChI=1S/C14H13O2P/c1-11-13-9-5-6-10-14(13)17(15-11)16-12-7-3-2-4-8-12/h2-11H,1H3/t11-,17-/m0/s1. The normalized spacial score (nSPS) is 22.2. The third kappa shape index (κ3) is 2.06. The highest BCUT2D eigenvalue weighted by atomic mass is 31.2. The predicted molar refractivity (Wildman–Crippen MR) is 69.6 cm³/mol. The molecule has 0 radical (unpaired) electrons. The van der Waals surface area contributed by atoms with Crippen LogP contribution in [0.5, 0.6) is 5.75 Å². The van der Waals surface area contributed by atoms with E-state index in [4.69, 9.17) is 9.05 Å². The quantitative estimate of drug-likeness (QED) is 0.748. The Morgan fingerprint density at radius 2 is 1.71 bits per heavy atom. The van der Waals surface area contributed by atoms with Crippen LogP contribution in [0.1, 0.15) is 18.6 Å². The maximum Gasteiger partial charge on any atom is 0.266 e. The van der Waals surface area contributed by atoms with E-state index in [1.54, 1.807) is 0 Å². The van der Waals surface area contributed by atoms with Gasteiger partial charge in [-0.15, -0.1) is 0 Å². The molecule has 1 heterocycles. The molecule has 0 saturated carbocycles. The lowest BCUT2D eigenvalue weighted by atomic mass is 10.1. The first kappa shape index (κ1) is 10.8. The van der Waals surface area contributed by atoms with Crippen molar-refractivity contribution >= 4 is 13.7 Å². The number of hydrogen-bond donors (Lipinski definition) is 0. The van der Waals surface area contributed by atoms with Gasteiger partial charge < -0.3 is 9.05 Å². The summed E-state index contributed by atoms with van der Waals surface area (Å²) in [5.41, 5.74) is 1.24. The largest absolute Gasteiger partial charge is 0.444 e. The molecule has 0 amide bonds. The monoisotopic (exact) mass is 244 g/mol. The Hall–Kier alpha value is -1.37. The zero-order valence-corrected chi connectivity index (χ0v) is 10.4. The summed E-state index contributed by atoms with van der Waals surface area (Å²) in [6.45, 7) is 2.06. The third-order valence-electron chi connectivity index (χ3n) is 2.76. The summed E-state index contributed by atoms with van der Waals surface area (Å²) in [6, 6.07) is 18.1. The molecule has 3 rings (SSSR count). The Labute approximate surface area is 102 Å². The fourth-order valence-electron chi connectivity index (χ4n) is 1.90. The molecule has 0 spiro atoms. The van der Waals surface area contributed by atoms with Gasteiger partial charge in [0.15, 0.2) is 0 Å². The molecule has 0 saturated heterocycles. The Balaban J connectivity index is 1.87. The summed E-state index contributed by atoms with van der Waals surface area (Å²) >= 11 is 0. The van der Waals surface area contributed by atoms with Gasteiger partial charge in [0, 0.05) is 5.30 Å². The number of rotatable bonds is 2. The molecular formula is C14H13O2P. The minimum atomic E-state index is -0.977. The molecular weight excluding hydrogens is 231 g/mol. The van der Waals surface area contributed by atoms with Crippen molar-refractivity contribution in [3.63, 3.8) is 0 Å². The maximum absolute atomic E-state index is 5.91. The highest BCUT2D eigenvalue weighted by molar-refractivity contribution is 7.56. The first-order chi connectivity index (χ1) is 8.34. The van der Waals surface area contributed by atoms with Gasteiger partial charge in [0.1, 0.15) is 5.75 Å². The Bertz CT molecular complexity index is 513. The van der Waals surface area contributed by atoms with Crippen LogP contribution in [0.25, 0.3) is 0 Å². The van der Waals surface area contributed by atoms with Crippen LogP contribution in [-0.4, -0.2) is 0 Å². The van der Waals surface area contributed by atoms with Gasteiger partial charge in [-0.1, -0.05) is 36.4 Å². The second kappa shape index (κ2) is 4.48. The summed E-state index contributed by atoms with van der Waals surface area (Å²) in [6.07, 6.45) is 0.126. The van der Waals surface area contributed by atoms with Crippen LogP contribution in [0, 0.1) is 0 Å². The van der Waals surface area contributed by atoms with Crippen molar-refractivity contribution in [3.05, 3.63) is 60.2 Å². The van der Waals surface area contributed by atoms with E-state index in [2.05, 4.69) is 19.1 Å². The van der Waals surface area contributed by atoms with Gasteiger partial charge in [-0.25, -0.2) is 0 Å². The van der Waals surface area contributed by atoms with Crippen LogP contribution in [0.3, 0.4) is 0 Å². The van der Waals surface area contributed by atoms with E-state index in [1.165, 1.54) is 10.9 Å². The average Bonchev–Trinajstić information content (AvgIpc) is 2.69. The Kier molecular flexibility index (Phi) is 2.84. The van der Waals surface area contributed by atoms with Gasteiger partial charge in [-0.3, -0.25) is 0 Å². The number of para-hydroxylation sites is 1. The molecule has 0 aliphatic carbocycles. The highest BCUT2D eigenvalue weighted by Crippen LogP contribution is 2.49. The summed E-state index contributed by atoms with van der Waals surface area (Å²) in [5.74, 6) is 0.863. The van der Waals surface area contributed by atoms with Gasteiger partial charge in [0.2, 0.25) is 0 Å². The predicted octanol–water partition coefficient (Wildman–Crippen LogP) is 3.79. The molecule has 3 heteroatoms. The van der Waals surface area contributed by atoms with Crippen LogP contribution in [0.2, 0.25) is 0 Å². The fraction of sp³-hybridized carbons (Fsp3) is 0.143. The van der Waals surface area contributed by atoms with E-state index < -0.39 is 8.38 Å². The Morgan fingerprint density at radius 1 is 1.00 bits per heavy atom. The van der Waals surface area contributed by atoms with Crippen molar-refractivity contribution in [3.8, 4) is 5.75 Å². The molecule has 0 bridgehead atoms. The fourth-order valence-corrected chi connectivity index (χ4v) is 3.55. The first-order valence-electron chi connectivity index (χ1n) is 5.63. The molecule has 1 aliphatic rings. The second-order valence-corrected chi connectivity index (χ2v) is 5.36. The van der Waals surface area contributed by atoms with Gasteiger partial charge in [0.25, 0.3) is 8.38 Å². The molecule has 2 aromatic carbocycles. The van der Waals surface area contributed by atoms with Crippen molar-refractivity contribution in [1.29, 1.82) is 0 Å². The summed E-state index contributed by atoms with van der Waals surface area (Å²) < 4.78 is 11.8. The minimum Gasteiger partial charge on any atom is -0.444 e. The zero-order chi connectivity index (χ0) is 11.7. The van der Waals surface area contributed by atoms with Crippen molar-refractivity contribution in [2.75, 3.05) is 0 Å². The molecule has 2 atom stereocenters. The van der Waals surface area contributed by atoms with Gasteiger partial charge in [-0.05, 0) is 30.7 Å². The lowest BCUT2D eigenvalue weighted by molar-refractivity contribution is 0.248. The van der Waals surface area contributed by atoms with Crippen molar-refractivity contribution in [1.82, 2.24) is 0 Å². The van der Waals surface area contributed by atoms with E-state index in [-0.39, 0.29) is 6.10 Å². The maximum atomic E-state index is 5.91. The van der Waals surface area contributed by atoms with E-state index in [0.29, 0.717) is 0 Å². The number of fused-ring (bicyclic) bond motifs is 1.